The third-order valence-electron chi connectivity index (χ3n) is 2.43. The first-order valence-corrected chi connectivity index (χ1v) is 4.62. The lowest BCUT2D eigenvalue weighted by molar-refractivity contribution is -0.114. The minimum Gasteiger partial charge on any atom is -0.509 e. The Balaban J connectivity index is 3.31. The number of Topliss-reactive ketones (excluding diaryl/α,β-unsaturated/α-hetero) is 1. The van der Waals surface area contributed by atoms with Crippen LogP contribution in [-0.4, -0.2) is 29.9 Å². The molecule has 1 rings (SSSR count). The van der Waals surface area contributed by atoms with E-state index >= 15 is 0 Å². The van der Waals surface area contributed by atoms with Crippen LogP contribution in [0.15, 0.2) is 23.1 Å². The highest BCUT2D eigenvalue weighted by molar-refractivity contribution is 6.08. The molecular weight excluding hydrogens is 178 g/mol. The average Bonchev–Trinajstić information content (AvgIpc) is 2.00. The van der Waals surface area contributed by atoms with Gasteiger partial charge in [-0.2, -0.15) is 0 Å². The predicted molar refractivity (Wildman–Crippen MR) is 55.9 cm³/mol. The Morgan fingerprint density at radius 3 is 2.29 bits per heavy atom. The zero-order chi connectivity index (χ0) is 11.1. The van der Waals surface area contributed by atoms with Gasteiger partial charge in [-0.3, -0.25) is 4.79 Å². The maximum atomic E-state index is 11.7. The molecule has 0 aromatic carbocycles. The van der Waals surface area contributed by atoms with E-state index in [0.29, 0.717) is 11.3 Å². The van der Waals surface area contributed by atoms with Gasteiger partial charge >= 0.3 is 0 Å². The minimum absolute atomic E-state index is 0.0909. The van der Waals surface area contributed by atoms with Gasteiger partial charge in [0.1, 0.15) is 11.5 Å². The quantitative estimate of drug-likeness (QED) is 0.694. The van der Waals surface area contributed by atoms with Crippen LogP contribution in [0, 0.1) is 5.41 Å². The molecule has 0 unspecified atom stereocenters. The molecule has 1 aliphatic carbocycles. The lowest BCUT2D eigenvalue weighted by atomic mass is 9.81. The van der Waals surface area contributed by atoms with Crippen LogP contribution in [0.4, 0.5) is 0 Å². The van der Waals surface area contributed by atoms with Gasteiger partial charge in [0, 0.05) is 19.5 Å². The van der Waals surface area contributed by atoms with E-state index < -0.39 is 5.41 Å². The van der Waals surface area contributed by atoms with Gasteiger partial charge in [-0.1, -0.05) is 6.08 Å². The third kappa shape index (κ3) is 1.54. The van der Waals surface area contributed by atoms with E-state index in [1.807, 2.05) is 13.8 Å². The largest absolute Gasteiger partial charge is 0.509 e. The monoisotopic (exact) mass is 195 g/mol. The number of hydrogen-bond acceptors (Lipinski definition) is 3. The molecule has 0 aromatic heterocycles. The van der Waals surface area contributed by atoms with E-state index in [-0.39, 0.29) is 11.5 Å². The molecule has 1 aliphatic rings. The Labute approximate surface area is 84.7 Å². The minimum atomic E-state index is -0.447. The van der Waals surface area contributed by atoms with Crippen molar-refractivity contribution in [2.24, 2.45) is 5.41 Å². The van der Waals surface area contributed by atoms with E-state index in [2.05, 4.69) is 0 Å². The molecule has 78 valence electrons. The van der Waals surface area contributed by atoms with Crippen LogP contribution in [0.1, 0.15) is 20.8 Å². The highest BCUT2D eigenvalue weighted by Crippen LogP contribution is 2.35. The van der Waals surface area contributed by atoms with Gasteiger partial charge < -0.3 is 10.0 Å². The first-order valence-electron chi connectivity index (χ1n) is 4.62. The van der Waals surface area contributed by atoms with Crippen molar-refractivity contribution in [2.45, 2.75) is 20.8 Å². The number of allylic oxidation sites excluding steroid dienone is 2. The summed E-state index contributed by atoms with van der Waals surface area (Å²) in [4.78, 5) is 13.4. The second-order valence-electron chi connectivity index (χ2n) is 4.47. The summed E-state index contributed by atoms with van der Waals surface area (Å²) in [7, 11) is 3.52. The van der Waals surface area contributed by atoms with Crippen molar-refractivity contribution in [2.75, 3.05) is 14.1 Å². The van der Waals surface area contributed by atoms with Crippen molar-refractivity contribution < 1.29 is 9.90 Å². The molecule has 14 heavy (non-hydrogen) atoms. The van der Waals surface area contributed by atoms with Crippen molar-refractivity contribution >= 4 is 5.78 Å². The van der Waals surface area contributed by atoms with E-state index in [0.717, 1.165) is 0 Å². The topological polar surface area (TPSA) is 40.5 Å². The summed E-state index contributed by atoms with van der Waals surface area (Å²) < 4.78 is 0. The van der Waals surface area contributed by atoms with E-state index in [1.54, 1.807) is 32.0 Å². The van der Waals surface area contributed by atoms with E-state index in [1.165, 1.54) is 0 Å². The number of rotatable bonds is 1. The number of likely N-dealkylation sites (N-methyl/N-ethyl adjacent to an activating group) is 1. The molecular formula is C11H17NO2. The molecule has 0 aliphatic heterocycles. The van der Waals surface area contributed by atoms with Gasteiger partial charge in [-0.25, -0.2) is 0 Å². The molecule has 0 saturated heterocycles. The summed E-state index contributed by atoms with van der Waals surface area (Å²) in [6, 6.07) is 0. The number of aliphatic hydroxyl groups is 1. The summed E-state index contributed by atoms with van der Waals surface area (Å²) in [5, 5.41) is 9.93. The fourth-order valence-electron chi connectivity index (χ4n) is 1.69. The summed E-state index contributed by atoms with van der Waals surface area (Å²) in [6.45, 7) is 5.56. The third-order valence-corrected chi connectivity index (χ3v) is 2.43. The van der Waals surface area contributed by atoms with Gasteiger partial charge in [0.25, 0.3) is 0 Å². The Morgan fingerprint density at radius 1 is 1.36 bits per heavy atom. The van der Waals surface area contributed by atoms with Gasteiger partial charge in [0.05, 0.1) is 0 Å². The normalized spacial score (nSPS) is 20.9. The summed E-state index contributed by atoms with van der Waals surface area (Å²) in [6.07, 6.45) is 1.80. The summed E-state index contributed by atoms with van der Waals surface area (Å²) in [5.41, 5.74) is 0.643. The Morgan fingerprint density at radius 2 is 1.86 bits per heavy atom. The highest BCUT2D eigenvalue weighted by atomic mass is 16.3. The first kappa shape index (κ1) is 10.8. The molecule has 1 N–H and O–H groups in total. The number of carbonyl (C=O) groups excluding carboxylic acids is 1. The smallest absolute Gasteiger partial charge is 0.207 e. The Hall–Kier alpha value is -1.25. The van der Waals surface area contributed by atoms with Crippen molar-refractivity contribution in [3.63, 3.8) is 0 Å². The number of carbonyl (C=O) groups is 1. The average molecular weight is 195 g/mol. The molecule has 0 radical (unpaired) electrons. The fraction of sp³-hybridized carbons (Fsp3) is 0.545. The molecule has 0 atom stereocenters. The van der Waals surface area contributed by atoms with Crippen LogP contribution in [0.25, 0.3) is 0 Å². The van der Waals surface area contributed by atoms with Gasteiger partial charge in [0.2, 0.25) is 5.78 Å². The predicted octanol–water partition coefficient (Wildman–Crippen LogP) is 1.87. The van der Waals surface area contributed by atoms with Gasteiger partial charge in [-0.05, 0) is 26.3 Å². The lowest BCUT2D eigenvalue weighted by Gasteiger charge is -2.30. The molecule has 0 bridgehead atoms. The van der Waals surface area contributed by atoms with Crippen molar-refractivity contribution in [1.82, 2.24) is 4.90 Å². The van der Waals surface area contributed by atoms with Crippen LogP contribution in [0.5, 0.6) is 0 Å². The number of nitrogens with zero attached hydrogens (tertiary/aromatic N) is 1. The van der Waals surface area contributed by atoms with Crippen LogP contribution in [0.2, 0.25) is 0 Å². The molecule has 0 saturated carbocycles. The van der Waals surface area contributed by atoms with E-state index in [4.69, 9.17) is 0 Å². The van der Waals surface area contributed by atoms with Gasteiger partial charge in [-0.15, -0.1) is 0 Å². The second kappa shape index (κ2) is 3.15. The first-order chi connectivity index (χ1) is 6.27. The number of hydrogen-bond donors (Lipinski definition) is 1. The molecule has 0 amide bonds. The zero-order valence-corrected chi connectivity index (χ0v) is 9.38. The second-order valence-corrected chi connectivity index (χ2v) is 4.47. The van der Waals surface area contributed by atoms with Gasteiger partial charge in [0.15, 0.2) is 0 Å². The molecule has 0 fully saturated rings. The highest BCUT2D eigenvalue weighted by Gasteiger charge is 2.33. The Bertz CT molecular complexity index is 335. The molecule has 0 aromatic rings. The number of aliphatic hydroxyl groups excluding tert-OH is 1. The van der Waals surface area contributed by atoms with Crippen LogP contribution in [-0.2, 0) is 4.79 Å². The fourth-order valence-corrected chi connectivity index (χ4v) is 1.69. The maximum absolute atomic E-state index is 11.7. The molecule has 0 heterocycles. The molecule has 0 spiro atoms. The van der Waals surface area contributed by atoms with Crippen LogP contribution >= 0.6 is 0 Å². The molecule has 3 heteroatoms. The lowest BCUT2D eigenvalue weighted by Crippen LogP contribution is -2.31. The maximum Gasteiger partial charge on any atom is 0.207 e. The van der Waals surface area contributed by atoms with Crippen molar-refractivity contribution in [3.8, 4) is 0 Å². The summed E-state index contributed by atoms with van der Waals surface area (Å²) in [5.74, 6) is 0.0601. The number of ketones is 1. The Kier molecular flexibility index (Phi) is 2.44. The molecule has 3 nitrogen and oxygen atoms in total. The SMILES string of the molecule is CC1=CC(C)(C)C(O)=C(N(C)C)C1=O. The van der Waals surface area contributed by atoms with E-state index in [9.17, 15) is 9.90 Å². The zero-order valence-electron chi connectivity index (χ0n) is 9.38. The van der Waals surface area contributed by atoms with Crippen LogP contribution < -0.4 is 0 Å². The standard InChI is InChI=1S/C11H17NO2/c1-7-6-11(2,3)10(14)8(9(7)13)12(4)5/h6,14H,1-5H3. The van der Waals surface area contributed by atoms with Crippen molar-refractivity contribution in [3.05, 3.63) is 23.1 Å². The van der Waals surface area contributed by atoms with Crippen LogP contribution in [0.3, 0.4) is 0 Å². The van der Waals surface area contributed by atoms with Crippen molar-refractivity contribution in [1.29, 1.82) is 0 Å². The summed E-state index contributed by atoms with van der Waals surface area (Å²) >= 11 is 0.